The summed E-state index contributed by atoms with van der Waals surface area (Å²) in [5.74, 6) is 0. The van der Waals surface area contributed by atoms with E-state index in [0.29, 0.717) is 11.3 Å². The van der Waals surface area contributed by atoms with Gasteiger partial charge in [-0.25, -0.2) is 4.68 Å². The largest absolute Gasteiger partial charge is 0.755 e. The predicted octanol–water partition coefficient (Wildman–Crippen LogP) is 6.07. The summed E-state index contributed by atoms with van der Waals surface area (Å²) < 4.78 is 65.5. The molecule has 9 heteroatoms. The summed E-state index contributed by atoms with van der Waals surface area (Å²) >= 11 is -2.50. The first kappa shape index (κ1) is 21.2. The Kier molecular flexibility index (Phi) is 5.15. The molecule has 5 rings (SSSR count). The van der Waals surface area contributed by atoms with Gasteiger partial charge in [0.1, 0.15) is 0 Å². The molecule has 1 atom stereocenters. The van der Waals surface area contributed by atoms with Gasteiger partial charge in [0, 0.05) is 22.5 Å². The van der Waals surface area contributed by atoms with Gasteiger partial charge < -0.3 is 9.27 Å². The molecule has 1 N–H and O–H groups in total. The SMILES string of the molecule is O=S([O-])Nc1ccc(-n2nc(C(F)(F)F)cc2-c2ccc3c(ccc4ccccc43)c2)cc1. The van der Waals surface area contributed by atoms with Gasteiger partial charge in [-0.2, -0.15) is 18.3 Å². The molecule has 5 aromatic rings. The van der Waals surface area contributed by atoms with Crippen LogP contribution in [0.3, 0.4) is 0 Å². The van der Waals surface area contributed by atoms with Crippen molar-refractivity contribution in [1.82, 2.24) is 9.78 Å². The summed E-state index contributed by atoms with van der Waals surface area (Å²) in [5.41, 5.74) is 0.476. The van der Waals surface area contributed by atoms with Gasteiger partial charge in [-0.15, -0.1) is 0 Å². The Labute approximate surface area is 188 Å². The van der Waals surface area contributed by atoms with Crippen LogP contribution < -0.4 is 4.72 Å². The maximum absolute atomic E-state index is 13.5. The molecule has 0 saturated heterocycles. The molecule has 0 radical (unpaired) electrons. The third kappa shape index (κ3) is 4.08. The van der Waals surface area contributed by atoms with Crippen LogP contribution in [0.4, 0.5) is 18.9 Å². The second-order valence-electron chi connectivity index (χ2n) is 7.43. The zero-order chi connectivity index (χ0) is 23.2. The van der Waals surface area contributed by atoms with E-state index in [1.54, 1.807) is 6.07 Å². The number of aromatic nitrogens is 2. The normalized spacial score (nSPS) is 12.8. The van der Waals surface area contributed by atoms with Crippen molar-refractivity contribution in [2.45, 2.75) is 6.18 Å². The lowest BCUT2D eigenvalue weighted by molar-refractivity contribution is -0.141. The number of nitrogens with one attached hydrogen (secondary N) is 1. The van der Waals surface area contributed by atoms with Gasteiger partial charge in [-0.05, 0) is 57.9 Å². The summed E-state index contributed by atoms with van der Waals surface area (Å²) in [7, 11) is 0. The minimum atomic E-state index is -4.62. The molecule has 1 heterocycles. The number of hydrogen-bond donors (Lipinski definition) is 1. The van der Waals surface area contributed by atoms with Gasteiger partial charge in [-0.3, -0.25) is 4.21 Å². The van der Waals surface area contributed by atoms with E-state index in [1.807, 2.05) is 48.5 Å². The molecule has 4 aromatic carbocycles. The second-order valence-corrected chi connectivity index (χ2v) is 8.10. The van der Waals surface area contributed by atoms with Crippen molar-refractivity contribution in [3.8, 4) is 16.9 Å². The van der Waals surface area contributed by atoms with E-state index in [-0.39, 0.29) is 11.4 Å². The van der Waals surface area contributed by atoms with E-state index in [1.165, 1.54) is 28.9 Å². The zero-order valence-electron chi connectivity index (χ0n) is 16.8. The Bertz CT molecular complexity index is 1510. The third-order valence-electron chi connectivity index (χ3n) is 5.35. The van der Waals surface area contributed by atoms with Gasteiger partial charge >= 0.3 is 6.18 Å². The molecule has 166 valence electrons. The lowest BCUT2D eigenvalue weighted by atomic mass is 9.99. The fourth-order valence-corrected chi connectivity index (χ4v) is 4.19. The molecule has 0 amide bonds. The van der Waals surface area contributed by atoms with Crippen molar-refractivity contribution >= 4 is 38.5 Å². The van der Waals surface area contributed by atoms with E-state index in [2.05, 4.69) is 9.82 Å². The highest BCUT2D eigenvalue weighted by Crippen LogP contribution is 2.35. The Morgan fingerprint density at radius 3 is 2.27 bits per heavy atom. The highest BCUT2D eigenvalue weighted by Gasteiger charge is 2.35. The first-order valence-electron chi connectivity index (χ1n) is 9.85. The molecule has 0 saturated carbocycles. The summed E-state index contributed by atoms with van der Waals surface area (Å²) in [6.45, 7) is 0. The molecule has 1 aromatic heterocycles. The van der Waals surface area contributed by atoms with Crippen molar-refractivity contribution in [1.29, 1.82) is 0 Å². The van der Waals surface area contributed by atoms with E-state index in [0.717, 1.165) is 27.6 Å². The predicted molar refractivity (Wildman–Crippen MR) is 122 cm³/mol. The maximum atomic E-state index is 13.5. The van der Waals surface area contributed by atoms with Crippen LogP contribution in [0.2, 0.25) is 0 Å². The van der Waals surface area contributed by atoms with Crippen LogP contribution in [0.5, 0.6) is 0 Å². The van der Waals surface area contributed by atoms with Crippen LogP contribution in [-0.4, -0.2) is 18.5 Å². The fourth-order valence-electron chi connectivity index (χ4n) is 3.86. The van der Waals surface area contributed by atoms with Crippen molar-refractivity contribution in [3.05, 3.63) is 90.6 Å². The highest BCUT2D eigenvalue weighted by atomic mass is 32.2. The number of rotatable bonds is 4. The topological polar surface area (TPSA) is 70.0 Å². The second kappa shape index (κ2) is 8.02. The minimum absolute atomic E-state index is 0.269. The summed E-state index contributed by atoms with van der Waals surface area (Å²) in [4.78, 5) is 0. The standard InChI is InChI=1S/C24H16F3N3O2S/c25-24(26,27)23-14-22(30(28-23)19-10-8-18(9-11-19)29-33(31)32)17-7-12-21-16(13-17)6-5-15-3-1-2-4-20(15)21/h1-14,29H,(H,31,32)/p-1. The smallest absolute Gasteiger partial charge is 0.435 e. The number of halogens is 3. The van der Waals surface area contributed by atoms with Crippen molar-refractivity contribution < 1.29 is 21.9 Å². The minimum Gasteiger partial charge on any atom is -0.755 e. The molecule has 0 bridgehead atoms. The molecule has 0 spiro atoms. The Balaban J connectivity index is 1.65. The first-order valence-corrected chi connectivity index (χ1v) is 10.9. The summed E-state index contributed by atoms with van der Waals surface area (Å²) in [5, 5.41) is 7.83. The fraction of sp³-hybridized carbons (Fsp3) is 0.0417. The molecule has 5 nitrogen and oxygen atoms in total. The monoisotopic (exact) mass is 466 g/mol. The molecule has 0 aliphatic carbocycles. The Hall–Kier alpha value is -3.69. The first-order chi connectivity index (χ1) is 15.8. The van der Waals surface area contributed by atoms with E-state index in [4.69, 9.17) is 0 Å². The van der Waals surface area contributed by atoms with Crippen LogP contribution in [-0.2, 0) is 17.4 Å². The van der Waals surface area contributed by atoms with Crippen molar-refractivity contribution in [3.63, 3.8) is 0 Å². The van der Waals surface area contributed by atoms with Crippen LogP contribution in [0.15, 0.2) is 84.9 Å². The number of nitrogens with zero attached hydrogens (tertiary/aromatic N) is 2. The van der Waals surface area contributed by atoms with Crippen molar-refractivity contribution in [2.75, 3.05) is 4.72 Å². The van der Waals surface area contributed by atoms with Gasteiger partial charge in [-0.1, -0.05) is 48.5 Å². The van der Waals surface area contributed by atoms with E-state index < -0.39 is 23.1 Å². The van der Waals surface area contributed by atoms with Crippen LogP contribution >= 0.6 is 0 Å². The van der Waals surface area contributed by atoms with Gasteiger partial charge in [0.15, 0.2) is 5.69 Å². The quantitative estimate of drug-likeness (QED) is 0.258. The van der Waals surface area contributed by atoms with Gasteiger partial charge in [0.05, 0.1) is 11.4 Å². The lowest BCUT2D eigenvalue weighted by Gasteiger charge is -2.12. The molecule has 0 aliphatic rings. The molecular formula is C24H15F3N3O2S-. The average Bonchev–Trinajstić information content (AvgIpc) is 3.25. The highest BCUT2D eigenvalue weighted by molar-refractivity contribution is 7.80. The van der Waals surface area contributed by atoms with E-state index in [9.17, 15) is 21.9 Å². The van der Waals surface area contributed by atoms with E-state index >= 15 is 0 Å². The number of benzene rings is 4. The summed E-state index contributed by atoms with van der Waals surface area (Å²) in [6, 6.07) is 24.3. The molecule has 1 unspecified atom stereocenters. The van der Waals surface area contributed by atoms with Crippen molar-refractivity contribution in [2.24, 2.45) is 0 Å². The number of alkyl halides is 3. The number of anilines is 1. The summed E-state index contributed by atoms with van der Waals surface area (Å²) in [6.07, 6.45) is -4.62. The Morgan fingerprint density at radius 2 is 1.55 bits per heavy atom. The lowest BCUT2D eigenvalue weighted by Crippen LogP contribution is -2.07. The molecular weight excluding hydrogens is 451 g/mol. The average molecular weight is 466 g/mol. The van der Waals surface area contributed by atoms with Crippen LogP contribution in [0, 0.1) is 0 Å². The van der Waals surface area contributed by atoms with Crippen LogP contribution in [0.25, 0.3) is 38.5 Å². The maximum Gasteiger partial charge on any atom is 0.435 e. The number of hydrogen-bond acceptors (Lipinski definition) is 3. The number of fused-ring (bicyclic) bond motifs is 3. The third-order valence-corrected chi connectivity index (χ3v) is 5.76. The molecule has 0 fully saturated rings. The van der Waals surface area contributed by atoms with Gasteiger partial charge in [0.25, 0.3) is 0 Å². The zero-order valence-corrected chi connectivity index (χ0v) is 17.7. The molecule has 0 aliphatic heterocycles. The Morgan fingerprint density at radius 1 is 0.848 bits per heavy atom. The van der Waals surface area contributed by atoms with Crippen LogP contribution in [0.1, 0.15) is 5.69 Å². The van der Waals surface area contributed by atoms with Gasteiger partial charge in [0.2, 0.25) is 0 Å². The molecule has 33 heavy (non-hydrogen) atoms.